The zero-order chi connectivity index (χ0) is 10.6. The Bertz CT molecular complexity index is 306. The predicted molar refractivity (Wildman–Crippen MR) is 58.0 cm³/mol. The van der Waals surface area contributed by atoms with Crippen molar-refractivity contribution >= 4 is 17.4 Å². The fourth-order valence-electron chi connectivity index (χ4n) is 0.909. The number of rotatable bonds is 4. The summed E-state index contributed by atoms with van der Waals surface area (Å²) < 4.78 is 18.3. The van der Waals surface area contributed by atoms with Crippen molar-refractivity contribution in [2.75, 3.05) is 18.6 Å². The van der Waals surface area contributed by atoms with Crippen molar-refractivity contribution in [2.24, 2.45) is 0 Å². The molecule has 0 saturated heterocycles. The number of nitrogens with two attached hydrogens (primary N) is 1. The molecular formula is C10H14FNOS. The first-order valence-electron chi connectivity index (χ1n) is 4.34. The van der Waals surface area contributed by atoms with Gasteiger partial charge in [-0.1, -0.05) is 0 Å². The number of nitrogen functional groups attached to an aromatic ring is 1. The fourth-order valence-corrected chi connectivity index (χ4v) is 1.82. The number of thioether (sulfide) groups is 1. The van der Waals surface area contributed by atoms with Crippen molar-refractivity contribution in [1.82, 2.24) is 0 Å². The summed E-state index contributed by atoms with van der Waals surface area (Å²) in [6, 6.07) is 4.72. The van der Waals surface area contributed by atoms with Crippen molar-refractivity contribution < 1.29 is 9.13 Å². The topological polar surface area (TPSA) is 35.2 Å². The van der Waals surface area contributed by atoms with E-state index in [4.69, 9.17) is 10.5 Å². The van der Waals surface area contributed by atoms with Crippen molar-refractivity contribution in [3.8, 4) is 0 Å². The number of benzene rings is 1. The van der Waals surface area contributed by atoms with Crippen molar-refractivity contribution in [1.29, 1.82) is 0 Å². The Hall–Kier alpha value is -0.740. The van der Waals surface area contributed by atoms with Crippen LogP contribution in [0.1, 0.15) is 6.92 Å². The van der Waals surface area contributed by atoms with Crippen LogP contribution in [0.2, 0.25) is 0 Å². The first-order valence-corrected chi connectivity index (χ1v) is 5.32. The van der Waals surface area contributed by atoms with Gasteiger partial charge in [0.2, 0.25) is 0 Å². The van der Waals surface area contributed by atoms with E-state index in [0.717, 1.165) is 5.75 Å². The molecule has 1 aromatic rings. The number of hydrogen-bond acceptors (Lipinski definition) is 3. The highest BCUT2D eigenvalue weighted by molar-refractivity contribution is 7.99. The highest BCUT2D eigenvalue weighted by Crippen LogP contribution is 2.24. The number of anilines is 1. The average Bonchev–Trinajstić information content (AvgIpc) is 2.16. The highest BCUT2D eigenvalue weighted by Gasteiger charge is 2.05. The molecule has 0 aromatic heterocycles. The van der Waals surface area contributed by atoms with Gasteiger partial charge in [0.25, 0.3) is 0 Å². The summed E-state index contributed by atoms with van der Waals surface area (Å²) in [6.45, 7) is 1.95. The number of hydrogen-bond donors (Lipinski definition) is 1. The molecule has 2 N–H and O–H groups in total. The van der Waals surface area contributed by atoms with Gasteiger partial charge in [-0.05, 0) is 25.1 Å². The molecule has 78 valence electrons. The van der Waals surface area contributed by atoms with E-state index in [1.165, 1.54) is 17.8 Å². The minimum atomic E-state index is -0.265. The van der Waals surface area contributed by atoms with Crippen molar-refractivity contribution in [2.45, 2.75) is 17.9 Å². The molecule has 0 amide bonds. The quantitative estimate of drug-likeness (QED) is 0.619. The molecule has 1 atom stereocenters. The largest absolute Gasteiger partial charge is 0.399 e. The van der Waals surface area contributed by atoms with E-state index in [1.54, 1.807) is 19.2 Å². The van der Waals surface area contributed by atoms with E-state index in [1.807, 2.05) is 6.92 Å². The number of ether oxygens (including phenoxy) is 1. The summed E-state index contributed by atoms with van der Waals surface area (Å²) in [6.07, 6.45) is 0.122. The van der Waals surface area contributed by atoms with Gasteiger partial charge in [-0.25, -0.2) is 4.39 Å². The molecule has 1 rings (SSSR count). The van der Waals surface area contributed by atoms with Crippen LogP contribution in [-0.4, -0.2) is 19.0 Å². The zero-order valence-electron chi connectivity index (χ0n) is 8.29. The van der Waals surface area contributed by atoms with E-state index in [2.05, 4.69) is 0 Å². The van der Waals surface area contributed by atoms with E-state index in [0.29, 0.717) is 10.6 Å². The molecule has 0 aliphatic rings. The molecular weight excluding hydrogens is 201 g/mol. The van der Waals surface area contributed by atoms with Gasteiger partial charge in [-0.2, -0.15) is 0 Å². The summed E-state index contributed by atoms with van der Waals surface area (Å²) in [7, 11) is 1.64. The second kappa shape index (κ2) is 5.22. The lowest BCUT2D eigenvalue weighted by atomic mass is 10.3. The minimum Gasteiger partial charge on any atom is -0.399 e. The van der Waals surface area contributed by atoms with Crippen molar-refractivity contribution in [3.63, 3.8) is 0 Å². The smallest absolute Gasteiger partial charge is 0.138 e. The number of halogens is 1. The molecule has 2 nitrogen and oxygen atoms in total. The van der Waals surface area contributed by atoms with Gasteiger partial charge in [0.15, 0.2) is 0 Å². The molecule has 1 unspecified atom stereocenters. The molecule has 0 spiro atoms. The average molecular weight is 215 g/mol. The van der Waals surface area contributed by atoms with Gasteiger partial charge in [-0.3, -0.25) is 0 Å². The third kappa shape index (κ3) is 3.20. The van der Waals surface area contributed by atoms with Crippen LogP contribution in [0.5, 0.6) is 0 Å². The minimum absolute atomic E-state index is 0.122. The molecule has 4 heteroatoms. The van der Waals surface area contributed by atoms with Crippen LogP contribution in [-0.2, 0) is 4.74 Å². The second-order valence-corrected chi connectivity index (χ2v) is 4.11. The Morgan fingerprint density at radius 1 is 1.57 bits per heavy atom. The van der Waals surface area contributed by atoms with Gasteiger partial charge in [-0.15, -0.1) is 11.8 Å². The molecule has 0 bridgehead atoms. The first kappa shape index (κ1) is 11.3. The summed E-state index contributed by atoms with van der Waals surface area (Å²) >= 11 is 1.43. The molecule has 0 aliphatic carbocycles. The summed E-state index contributed by atoms with van der Waals surface area (Å²) in [5, 5.41) is 0. The summed E-state index contributed by atoms with van der Waals surface area (Å²) in [5.74, 6) is 0.468. The molecule has 0 heterocycles. The zero-order valence-corrected chi connectivity index (χ0v) is 9.10. The van der Waals surface area contributed by atoms with Gasteiger partial charge in [0, 0.05) is 23.4 Å². The lowest BCUT2D eigenvalue weighted by Crippen LogP contribution is -2.07. The Morgan fingerprint density at radius 2 is 2.29 bits per heavy atom. The van der Waals surface area contributed by atoms with E-state index < -0.39 is 0 Å². The van der Waals surface area contributed by atoms with Crippen LogP contribution in [0, 0.1) is 5.82 Å². The third-order valence-corrected chi connectivity index (χ3v) is 3.11. The van der Waals surface area contributed by atoms with E-state index in [-0.39, 0.29) is 11.9 Å². The summed E-state index contributed by atoms with van der Waals surface area (Å²) in [4.78, 5) is 0.614. The van der Waals surface area contributed by atoms with E-state index >= 15 is 0 Å². The van der Waals surface area contributed by atoms with E-state index in [9.17, 15) is 4.39 Å². The second-order valence-electron chi connectivity index (χ2n) is 3.05. The van der Waals surface area contributed by atoms with Crippen LogP contribution in [0.25, 0.3) is 0 Å². The number of methoxy groups -OCH3 is 1. The maximum absolute atomic E-state index is 13.3. The monoisotopic (exact) mass is 215 g/mol. The lowest BCUT2D eigenvalue weighted by Gasteiger charge is -2.09. The Balaban J connectivity index is 2.59. The van der Waals surface area contributed by atoms with Gasteiger partial charge < -0.3 is 10.5 Å². The Morgan fingerprint density at radius 3 is 2.86 bits per heavy atom. The van der Waals surface area contributed by atoms with Crippen LogP contribution in [0.3, 0.4) is 0 Å². The molecule has 0 fully saturated rings. The van der Waals surface area contributed by atoms with Crippen LogP contribution < -0.4 is 5.73 Å². The third-order valence-electron chi connectivity index (χ3n) is 1.83. The molecule has 0 radical (unpaired) electrons. The van der Waals surface area contributed by atoms with Crippen LogP contribution in [0.15, 0.2) is 23.1 Å². The molecule has 1 aromatic carbocycles. The molecule has 0 aliphatic heterocycles. The van der Waals surface area contributed by atoms with Gasteiger partial charge in [0.1, 0.15) is 5.82 Å². The Kier molecular flexibility index (Phi) is 4.22. The lowest BCUT2D eigenvalue weighted by molar-refractivity contribution is 0.138. The SMILES string of the molecule is COC(C)CSc1ccc(N)cc1F. The molecule has 14 heavy (non-hydrogen) atoms. The van der Waals surface area contributed by atoms with Crippen LogP contribution in [0.4, 0.5) is 10.1 Å². The molecule has 0 saturated carbocycles. The van der Waals surface area contributed by atoms with Crippen LogP contribution >= 0.6 is 11.8 Å². The summed E-state index contributed by atoms with van der Waals surface area (Å²) in [5.41, 5.74) is 5.89. The maximum atomic E-state index is 13.3. The maximum Gasteiger partial charge on any atom is 0.138 e. The predicted octanol–water partition coefficient (Wildman–Crippen LogP) is 2.53. The standard InChI is InChI=1S/C10H14FNOS/c1-7(13-2)6-14-10-4-3-8(12)5-9(10)11/h3-5,7H,6,12H2,1-2H3. The Labute approximate surface area is 87.6 Å². The highest BCUT2D eigenvalue weighted by atomic mass is 32.2. The first-order chi connectivity index (χ1) is 6.63. The van der Waals surface area contributed by atoms with Crippen molar-refractivity contribution in [3.05, 3.63) is 24.0 Å². The van der Waals surface area contributed by atoms with Gasteiger partial charge >= 0.3 is 0 Å². The van der Waals surface area contributed by atoms with Gasteiger partial charge in [0.05, 0.1) is 6.10 Å². The fraction of sp³-hybridized carbons (Fsp3) is 0.400. The normalized spacial score (nSPS) is 12.8.